The lowest BCUT2D eigenvalue weighted by Gasteiger charge is -2.02. The van der Waals surface area contributed by atoms with Crippen molar-refractivity contribution in [2.24, 2.45) is 7.05 Å². The van der Waals surface area contributed by atoms with Crippen LogP contribution in [-0.2, 0) is 7.05 Å². The molecule has 0 aliphatic heterocycles. The van der Waals surface area contributed by atoms with Crippen LogP contribution in [0.2, 0.25) is 0 Å². The Kier molecular flexibility index (Phi) is 4.02. The fourth-order valence-corrected chi connectivity index (χ4v) is 2.11. The first-order valence-corrected chi connectivity index (χ1v) is 7.07. The summed E-state index contributed by atoms with van der Waals surface area (Å²) in [5, 5.41) is 17.6. The minimum Gasteiger partial charge on any atom is -0.291 e. The van der Waals surface area contributed by atoms with E-state index >= 15 is 0 Å². The Bertz CT molecular complexity index is 888. The lowest BCUT2D eigenvalue weighted by Crippen LogP contribution is -2.15. The zero-order chi connectivity index (χ0) is 17.1. The molecule has 0 bridgehead atoms. The Morgan fingerprint density at radius 2 is 1.79 bits per heavy atom. The van der Waals surface area contributed by atoms with Gasteiger partial charge in [0.05, 0.1) is 4.92 Å². The number of non-ortho nitro benzene ring substituents is 1. The topological polar surface area (TPSA) is 103 Å². The van der Waals surface area contributed by atoms with Gasteiger partial charge in [0.1, 0.15) is 0 Å². The van der Waals surface area contributed by atoms with Gasteiger partial charge in [-0.25, -0.2) is 4.68 Å². The van der Waals surface area contributed by atoms with Crippen LogP contribution in [0.4, 0.5) is 11.6 Å². The van der Waals surface area contributed by atoms with Crippen LogP contribution in [-0.4, -0.2) is 25.6 Å². The Balaban J connectivity index is 1.82. The monoisotopic (exact) mass is 323 g/mol. The van der Waals surface area contributed by atoms with E-state index in [9.17, 15) is 14.9 Å². The van der Waals surface area contributed by atoms with Crippen molar-refractivity contribution in [3.8, 4) is 11.4 Å². The van der Waals surface area contributed by atoms with E-state index in [1.807, 2.05) is 6.07 Å². The average Bonchev–Trinajstić information content (AvgIpc) is 2.96. The van der Waals surface area contributed by atoms with Gasteiger partial charge in [0, 0.05) is 30.3 Å². The average molecular weight is 323 g/mol. The summed E-state index contributed by atoms with van der Waals surface area (Å²) in [6, 6.07) is 14.7. The zero-order valence-electron chi connectivity index (χ0n) is 12.7. The van der Waals surface area contributed by atoms with Crippen LogP contribution in [0.25, 0.3) is 11.4 Å². The lowest BCUT2D eigenvalue weighted by molar-refractivity contribution is -0.384. The van der Waals surface area contributed by atoms with Crippen LogP contribution in [0.1, 0.15) is 10.4 Å². The third-order valence-electron chi connectivity index (χ3n) is 3.36. The number of nitro groups is 1. The number of nitro benzene ring substituents is 1. The van der Waals surface area contributed by atoms with E-state index in [1.165, 1.54) is 16.8 Å². The maximum absolute atomic E-state index is 12.2. The molecule has 0 saturated carbocycles. The molecule has 0 saturated heterocycles. The van der Waals surface area contributed by atoms with E-state index in [1.54, 1.807) is 43.4 Å². The number of hydrogen-bond donors (Lipinski definition) is 1. The second kappa shape index (κ2) is 6.29. The van der Waals surface area contributed by atoms with Gasteiger partial charge in [-0.15, -0.1) is 5.10 Å². The van der Waals surface area contributed by atoms with E-state index in [0.29, 0.717) is 17.0 Å². The Labute approximate surface area is 136 Å². The number of nitrogens with one attached hydrogen (secondary N) is 1. The van der Waals surface area contributed by atoms with Crippen LogP contribution in [0.5, 0.6) is 0 Å². The summed E-state index contributed by atoms with van der Waals surface area (Å²) in [6.07, 6.45) is 0. The SMILES string of the molecule is Cn1nc(-c2ccc([N+](=O)[O-])cc2)nc1NC(=O)c1ccccc1. The highest BCUT2D eigenvalue weighted by molar-refractivity contribution is 6.03. The molecule has 0 aliphatic carbocycles. The predicted molar refractivity (Wildman–Crippen MR) is 87.5 cm³/mol. The molecule has 0 unspecified atom stereocenters. The fraction of sp³-hybridized carbons (Fsp3) is 0.0625. The summed E-state index contributed by atoms with van der Waals surface area (Å²) in [7, 11) is 1.66. The van der Waals surface area contributed by atoms with Crippen LogP contribution in [0, 0.1) is 10.1 Å². The van der Waals surface area contributed by atoms with Crippen molar-refractivity contribution >= 4 is 17.5 Å². The molecule has 24 heavy (non-hydrogen) atoms. The number of aromatic nitrogens is 3. The number of rotatable bonds is 4. The van der Waals surface area contributed by atoms with Gasteiger partial charge in [-0.3, -0.25) is 20.2 Å². The minimum absolute atomic E-state index is 0.00714. The van der Waals surface area contributed by atoms with E-state index < -0.39 is 4.92 Å². The summed E-state index contributed by atoms with van der Waals surface area (Å²) in [6.45, 7) is 0. The molecule has 0 aliphatic rings. The molecule has 0 atom stereocenters. The van der Waals surface area contributed by atoms with E-state index in [4.69, 9.17) is 0 Å². The quantitative estimate of drug-likeness (QED) is 0.587. The summed E-state index contributed by atoms with van der Waals surface area (Å²) >= 11 is 0. The highest BCUT2D eigenvalue weighted by Crippen LogP contribution is 2.21. The second-order valence-corrected chi connectivity index (χ2v) is 5.01. The molecule has 0 radical (unpaired) electrons. The first kappa shape index (κ1) is 15.3. The molecule has 3 aromatic rings. The molecular weight excluding hydrogens is 310 g/mol. The Morgan fingerprint density at radius 3 is 2.42 bits per heavy atom. The van der Waals surface area contributed by atoms with Crippen LogP contribution >= 0.6 is 0 Å². The van der Waals surface area contributed by atoms with Crippen molar-refractivity contribution < 1.29 is 9.72 Å². The van der Waals surface area contributed by atoms with Crippen molar-refractivity contribution in [3.05, 3.63) is 70.3 Å². The van der Waals surface area contributed by atoms with E-state index in [2.05, 4.69) is 15.4 Å². The van der Waals surface area contributed by atoms with Gasteiger partial charge in [-0.1, -0.05) is 18.2 Å². The van der Waals surface area contributed by atoms with Crippen LogP contribution < -0.4 is 5.32 Å². The number of amides is 1. The third-order valence-corrected chi connectivity index (χ3v) is 3.36. The number of hydrogen-bond acceptors (Lipinski definition) is 5. The molecular formula is C16H13N5O3. The van der Waals surface area contributed by atoms with Crippen LogP contribution in [0.15, 0.2) is 54.6 Å². The summed E-state index contributed by atoms with van der Waals surface area (Å²) < 4.78 is 1.44. The molecule has 120 valence electrons. The van der Waals surface area contributed by atoms with Gasteiger partial charge in [0.2, 0.25) is 5.95 Å². The number of carbonyl (C=O) groups is 1. The van der Waals surface area contributed by atoms with Gasteiger partial charge in [0.15, 0.2) is 5.82 Å². The van der Waals surface area contributed by atoms with Gasteiger partial charge < -0.3 is 0 Å². The van der Waals surface area contributed by atoms with E-state index in [-0.39, 0.29) is 17.5 Å². The number of anilines is 1. The highest BCUT2D eigenvalue weighted by Gasteiger charge is 2.14. The molecule has 0 fully saturated rings. The van der Waals surface area contributed by atoms with Crippen molar-refractivity contribution in [2.75, 3.05) is 5.32 Å². The summed E-state index contributed by atoms with van der Waals surface area (Å²) in [4.78, 5) is 26.6. The molecule has 1 N–H and O–H groups in total. The highest BCUT2D eigenvalue weighted by atomic mass is 16.6. The smallest absolute Gasteiger partial charge is 0.269 e. The molecule has 2 aromatic carbocycles. The van der Waals surface area contributed by atoms with Gasteiger partial charge in [-0.2, -0.15) is 4.98 Å². The van der Waals surface area contributed by atoms with Crippen LogP contribution in [0.3, 0.4) is 0 Å². The lowest BCUT2D eigenvalue weighted by atomic mass is 10.2. The van der Waals surface area contributed by atoms with Gasteiger partial charge in [-0.05, 0) is 24.3 Å². The molecule has 3 rings (SSSR count). The van der Waals surface area contributed by atoms with Crippen molar-refractivity contribution in [1.82, 2.24) is 14.8 Å². The maximum Gasteiger partial charge on any atom is 0.269 e. The Morgan fingerprint density at radius 1 is 1.12 bits per heavy atom. The molecule has 0 spiro atoms. The molecule has 1 amide bonds. The third kappa shape index (κ3) is 3.12. The normalized spacial score (nSPS) is 10.4. The van der Waals surface area contributed by atoms with Crippen molar-refractivity contribution in [1.29, 1.82) is 0 Å². The Hall–Kier alpha value is -3.55. The maximum atomic E-state index is 12.2. The molecule has 1 heterocycles. The second-order valence-electron chi connectivity index (χ2n) is 5.01. The van der Waals surface area contributed by atoms with E-state index in [0.717, 1.165) is 0 Å². The first-order valence-electron chi connectivity index (χ1n) is 7.07. The number of nitrogens with zero attached hydrogens (tertiary/aromatic N) is 4. The molecule has 8 heteroatoms. The predicted octanol–water partition coefficient (Wildman–Crippen LogP) is 2.64. The zero-order valence-corrected chi connectivity index (χ0v) is 12.7. The minimum atomic E-state index is -0.471. The summed E-state index contributed by atoms with van der Waals surface area (Å²) in [5.74, 6) is 0.370. The number of benzene rings is 2. The van der Waals surface area contributed by atoms with Gasteiger partial charge >= 0.3 is 0 Å². The standard InChI is InChI=1S/C16H13N5O3/c1-20-16(18-15(22)12-5-3-2-4-6-12)17-14(19-20)11-7-9-13(10-8-11)21(23)24/h2-10H,1H3,(H,17,18,19,22). The molecule has 1 aromatic heterocycles. The first-order chi connectivity index (χ1) is 11.5. The number of carbonyl (C=O) groups excluding carboxylic acids is 1. The fourth-order valence-electron chi connectivity index (χ4n) is 2.11. The molecule has 8 nitrogen and oxygen atoms in total. The largest absolute Gasteiger partial charge is 0.291 e. The number of aryl methyl sites for hydroxylation is 1. The van der Waals surface area contributed by atoms with Crippen molar-refractivity contribution in [2.45, 2.75) is 0 Å². The van der Waals surface area contributed by atoms with Gasteiger partial charge in [0.25, 0.3) is 11.6 Å². The van der Waals surface area contributed by atoms with Crippen molar-refractivity contribution in [3.63, 3.8) is 0 Å². The summed E-state index contributed by atoms with van der Waals surface area (Å²) in [5.41, 5.74) is 1.13.